The zero-order valence-electron chi connectivity index (χ0n) is 13.5. The lowest BCUT2D eigenvalue weighted by Crippen LogP contribution is -2.36. The maximum Gasteiger partial charge on any atom is 0.260 e. The second-order valence-electron chi connectivity index (χ2n) is 5.90. The van der Waals surface area contributed by atoms with E-state index in [2.05, 4.69) is 24.4 Å². The van der Waals surface area contributed by atoms with Gasteiger partial charge in [0.15, 0.2) is 6.61 Å². The van der Waals surface area contributed by atoms with Crippen molar-refractivity contribution >= 4 is 5.91 Å². The number of nitrogens with zero attached hydrogens (tertiary/aromatic N) is 1. The Morgan fingerprint density at radius 2 is 2.24 bits per heavy atom. The van der Waals surface area contributed by atoms with E-state index in [1.54, 1.807) is 11.9 Å². The second-order valence-corrected chi connectivity index (χ2v) is 5.90. The molecule has 4 nitrogen and oxygen atoms in total. The van der Waals surface area contributed by atoms with E-state index in [-0.39, 0.29) is 18.6 Å². The van der Waals surface area contributed by atoms with Gasteiger partial charge in [0.05, 0.1) is 0 Å². The number of nitrogens with one attached hydrogen (secondary N) is 1. The number of fused-ring (bicyclic) bond motifs is 1. The van der Waals surface area contributed by atoms with Gasteiger partial charge in [-0.1, -0.05) is 13.0 Å². The molecule has 1 unspecified atom stereocenters. The van der Waals surface area contributed by atoms with Crippen LogP contribution < -0.4 is 10.1 Å². The summed E-state index contributed by atoms with van der Waals surface area (Å²) in [6, 6.07) is 6.84. The molecule has 0 heterocycles. The molecule has 21 heavy (non-hydrogen) atoms. The molecule has 1 aromatic rings. The van der Waals surface area contributed by atoms with Crippen LogP contribution in [-0.2, 0) is 11.2 Å². The summed E-state index contributed by atoms with van der Waals surface area (Å²) in [5.41, 5.74) is 2.71. The fourth-order valence-electron chi connectivity index (χ4n) is 2.68. The molecule has 0 saturated heterocycles. The van der Waals surface area contributed by atoms with E-state index in [4.69, 9.17) is 4.74 Å². The molecule has 0 aromatic heterocycles. The summed E-state index contributed by atoms with van der Waals surface area (Å²) in [5.74, 6) is 0.799. The van der Waals surface area contributed by atoms with Crippen LogP contribution in [0.25, 0.3) is 0 Å². The van der Waals surface area contributed by atoms with Crippen molar-refractivity contribution in [3.63, 3.8) is 0 Å². The van der Waals surface area contributed by atoms with Gasteiger partial charge >= 0.3 is 0 Å². The predicted octanol–water partition coefficient (Wildman–Crippen LogP) is 2.53. The molecule has 1 aromatic carbocycles. The summed E-state index contributed by atoms with van der Waals surface area (Å²) in [6.45, 7) is 7.21. The van der Waals surface area contributed by atoms with E-state index in [0.717, 1.165) is 25.1 Å². The normalized spacial score (nSPS) is 16.9. The summed E-state index contributed by atoms with van der Waals surface area (Å²) in [6.07, 6.45) is 2.21. The topological polar surface area (TPSA) is 41.6 Å². The monoisotopic (exact) mass is 290 g/mol. The summed E-state index contributed by atoms with van der Waals surface area (Å²) in [4.78, 5) is 13.6. The van der Waals surface area contributed by atoms with Gasteiger partial charge in [-0.25, -0.2) is 0 Å². The van der Waals surface area contributed by atoms with Crippen molar-refractivity contribution in [3.05, 3.63) is 29.3 Å². The molecule has 0 radical (unpaired) electrons. The van der Waals surface area contributed by atoms with Crippen LogP contribution in [0.15, 0.2) is 18.2 Å². The fourth-order valence-corrected chi connectivity index (χ4v) is 2.68. The Hall–Kier alpha value is -1.55. The lowest BCUT2D eigenvalue weighted by atomic mass is 10.1. The zero-order valence-corrected chi connectivity index (χ0v) is 13.5. The van der Waals surface area contributed by atoms with Crippen molar-refractivity contribution in [1.82, 2.24) is 10.2 Å². The number of likely N-dealkylation sites (N-methyl/N-ethyl adjacent to an activating group) is 1. The highest BCUT2D eigenvalue weighted by atomic mass is 16.5. The summed E-state index contributed by atoms with van der Waals surface area (Å²) in [5, 5.41) is 3.50. The SMILES string of the molecule is CCNC1CCc2cc(OCC(=O)N(C)C(C)C)ccc21. The number of benzene rings is 1. The highest BCUT2D eigenvalue weighted by Gasteiger charge is 2.22. The van der Waals surface area contributed by atoms with E-state index in [1.807, 2.05) is 19.9 Å². The minimum absolute atomic E-state index is 0.0102. The van der Waals surface area contributed by atoms with Gasteiger partial charge in [-0.05, 0) is 56.5 Å². The first kappa shape index (κ1) is 15.8. The van der Waals surface area contributed by atoms with Crippen molar-refractivity contribution in [2.75, 3.05) is 20.2 Å². The van der Waals surface area contributed by atoms with Gasteiger partial charge in [0.1, 0.15) is 5.75 Å². The minimum atomic E-state index is 0.0102. The van der Waals surface area contributed by atoms with Crippen molar-refractivity contribution in [3.8, 4) is 5.75 Å². The number of hydrogen-bond donors (Lipinski definition) is 1. The van der Waals surface area contributed by atoms with Crippen molar-refractivity contribution in [1.29, 1.82) is 0 Å². The summed E-state index contributed by atoms with van der Waals surface area (Å²) in [7, 11) is 1.81. The Balaban J connectivity index is 1.96. The average molecular weight is 290 g/mol. The first-order chi connectivity index (χ1) is 10.0. The van der Waals surface area contributed by atoms with E-state index in [1.165, 1.54) is 11.1 Å². The third-order valence-corrected chi connectivity index (χ3v) is 4.17. The van der Waals surface area contributed by atoms with Gasteiger partial charge < -0.3 is 15.0 Å². The number of carbonyl (C=O) groups is 1. The van der Waals surface area contributed by atoms with Crippen molar-refractivity contribution in [2.24, 2.45) is 0 Å². The number of carbonyl (C=O) groups excluding carboxylic acids is 1. The van der Waals surface area contributed by atoms with Gasteiger partial charge in [-0.15, -0.1) is 0 Å². The molecular formula is C17H26N2O2. The van der Waals surface area contributed by atoms with E-state index in [9.17, 15) is 4.79 Å². The highest BCUT2D eigenvalue weighted by molar-refractivity contribution is 5.77. The molecule has 1 aliphatic rings. The Labute approximate surface area is 127 Å². The third-order valence-electron chi connectivity index (χ3n) is 4.17. The summed E-state index contributed by atoms with van der Waals surface area (Å²) >= 11 is 0. The van der Waals surface area contributed by atoms with Gasteiger partial charge in [0, 0.05) is 19.1 Å². The quantitative estimate of drug-likeness (QED) is 0.875. The van der Waals surface area contributed by atoms with Crippen molar-refractivity contribution in [2.45, 2.75) is 45.7 Å². The first-order valence-electron chi connectivity index (χ1n) is 7.77. The van der Waals surface area contributed by atoms with Crippen LogP contribution in [0.1, 0.15) is 44.4 Å². The number of hydrogen-bond acceptors (Lipinski definition) is 3. The molecular weight excluding hydrogens is 264 g/mol. The minimum Gasteiger partial charge on any atom is -0.484 e. The van der Waals surface area contributed by atoms with E-state index in [0.29, 0.717) is 6.04 Å². The molecule has 1 N–H and O–H groups in total. The average Bonchev–Trinajstić information content (AvgIpc) is 2.86. The molecule has 4 heteroatoms. The number of rotatable bonds is 6. The summed E-state index contributed by atoms with van der Waals surface area (Å²) < 4.78 is 5.65. The largest absolute Gasteiger partial charge is 0.484 e. The lowest BCUT2D eigenvalue weighted by molar-refractivity contribution is -0.133. The predicted molar refractivity (Wildman–Crippen MR) is 84.6 cm³/mol. The lowest BCUT2D eigenvalue weighted by Gasteiger charge is -2.21. The fraction of sp³-hybridized carbons (Fsp3) is 0.588. The molecule has 0 spiro atoms. The van der Waals surface area contributed by atoms with Gasteiger partial charge in [0.25, 0.3) is 5.91 Å². The van der Waals surface area contributed by atoms with Crippen LogP contribution in [0, 0.1) is 0 Å². The standard InChI is InChI=1S/C17H26N2O2/c1-5-18-16-9-6-13-10-14(7-8-15(13)16)21-11-17(20)19(4)12(2)3/h7-8,10,12,16,18H,5-6,9,11H2,1-4H3. The van der Waals surface area contributed by atoms with Crippen molar-refractivity contribution < 1.29 is 9.53 Å². The van der Waals surface area contributed by atoms with Crippen LogP contribution in [0.5, 0.6) is 5.75 Å². The van der Waals surface area contributed by atoms with Crippen LogP contribution in [0.4, 0.5) is 0 Å². The second kappa shape index (κ2) is 6.94. The Morgan fingerprint density at radius 1 is 1.48 bits per heavy atom. The molecule has 0 aliphatic heterocycles. The molecule has 0 saturated carbocycles. The third kappa shape index (κ3) is 3.76. The molecule has 1 aliphatic carbocycles. The van der Waals surface area contributed by atoms with Gasteiger partial charge in [0.2, 0.25) is 0 Å². The molecule has 116 valence electrons. The van der Waals surface area contributed by atoms with E-state index < -0.39 is 0 Å². The maximum atomic E-state index is 11.9. The molecule has 0 bridgehead atoms. The van der Waals surface area contributed by atoms with Crippen LogP contribution in [0.2, 0.25) is 0 Å². The highest BCUT2D eigenvalue weighted by Crippen LogP contribution is 2.33. The van der Waals surface area contributed by atoms with E-state index >= 15 is 0 Å². The van der Waals surface area contributed by atoms with Crippen LogP contribution in [-0.4, -0.2) is 37.0 Å². The Kier molecular flexibility index (Phi) is 5.23. The number of ether oxygens (including phenoxy) is 1. The zero-order chi connectivity index (χ0) is 15.4. The number of amides is 1. The van der Waals surface area contributed by atoms with Crippen LogP contribution in [0.3, 0.4) is 0 Å². The molecule has 1 atom stereocenters. The van der Waals surface area contributed by atoms with Crippen LogP contribution >= 0.6 is 0 Å². The molecule has 0 fully saturated rings. The number of aryl methyl sites for hydroxylation is 1. The molecule has 1 amide bonds. The Morgan fingerprint density at radius 3 is 2.90 bits per heavy atom. The van der Waals surface area contributed by atoms with Gasteiger partial charge in [-0.3, -0.25) is 4.79 Å². The maximum absolute atomic E-state index is 11.9. The van der Waals surface area contributed by atoms with Gasteiger partial charge in [-0.2, -0.15) is 0 Å². The Bertz CT molecular complexity index is 500. The molecule has 2 rings (SSSR count). The smallest absolute Gasteiger partial charge is 0.260 e. The first-order valence-corrected chi connectivity index (χ1v) is 7.77.